The van der Waals surface area contributed by atoms with Crippen LogP contribution in [0.15, 0.2) is 33.7 Å². The van der Waals surface area contributed by atoms with Crippen molar-refractivity contribution in [2.45, 2.75) is 37.5 Å². The molecular formula is C19H24N4O4S. The van der Waals surface area contributed by atoms with Gasteiger partial charge in [0.25, 0.3) is 5.91 Å². The first-order valence-electron chi connectivity index (χ1n) is 9.54. The number of hydrogen-bond donors (Lipinski definition) is 0. The van der Waals surface area contributed by atoms with Crippen LogP contribution in [-0.4, -0.2) is 59.8 Å². The number of carbonyl (C=O) groups is 1. The molecule has 1 amide bonds. The van der Waals surface area contributed by atoms with E-state index in [9.17, 15) is 13.2 Å². The summed E-state index contributed by atoms with van der Waals surface area (Å²) in [4.78, 5) is 18.7. The van der Waals surface area contributed by atoms with Crippen molar-refractivity contribution < 1.29 is 17.7 Å². The first kappa shape index (κ1) is 19.1. The Morgan fingerprint density at radius 2 is 1.89 bits per heavy atom. The Bertz CT molecular complexity index is 964. The highest BCUT2D eigenvalue weighted by Crippen LogP contribution is 2.28. The number of nitrogens with zero attached hydrogens (tertiary/aromatic N) is 4. The molecule has 0 radical (unpaired) electrons. The first-order chi connectivity index (χ1) is 13.3. The minimum absolute atomic E-state index is 0.0610. The summed E-state index contributed by atoms with van der Waals surface area (Å²) >= 11 is 0. The van der Waals surface area contributed by atoms with Gasteiger partial charge in [0, 0.05) is 31.7 Å². The van der Waals surface area contributed by atoms with Crippen LogP contribution in [0.4, 0.5) is 0 Å². The molecule has 1 atom stereocenters. The lowest BCUT2D eigenvalue weighted by atomic mass is 9.99. The van der Waals surface area contributed by atoms with Crippen LogP contribution in [-0.2, 0) is 10.0 Å². The fourth-order valence-electron chi connectivity index (χ4n) is 3.75. The normalized spacial score (nSPS) is 21.5. The highest BCUT2D eigenvalue weighted by molar-refractivity contribution is 7.89. The number of carbonyl (C=O) groups excluding carboxylic acids is 1. The molecule has 0 saturated carbocycles. The molecule has 2 aliphatic rings. The second kappa shape index (κ2) is 7.29. The molecule has 1 unspecified atom stereocenters. The maximum Gasteiger partial charge on any atom is 0.253 e. The van der Waals surface area contributed by atoms with E-state index in [1.54, 1.807) is 28.3 Å². The van der Waals surface area contributed by atoms with Crippen LogP contribution in [0.25, 0.3) is 0 Å². The van der Waals surface area contributed by atoms with Gasteiger partial charge in [0.15, 0.2) is 5.82 Å². The number of hydrogen-bond acceptors (Lipinski definition) is 6. The van der Waals surface area contributed by atoms with E-state index in [4.69, 9.17) is 4.52 Å². The predicted octanol–water partition coefficient (Wildman–Crippen LogP) is 2.04. The number of aryl methyl sites for hydroxylation is 1. The third-order valence-electron chi connectivity index (χ3n) is 5.42. The maximum absolute atomic E-state index is 12.8. The molecule has 2 fully saturated rings. The fraction of sp³-hybridized carbons (Fsp3) is 0.526. The zero-order valence-corrected chi connectivity index (χ0v) is 16.9. The average Bonchev–Trinajstić information content (AvgIpc) is 3.06. The van der Waals surface area contributed by atoms with Gasteiger partial charge in [0.2, 0.25) is 15.9 Å². The van der Waals surface area contributed by atoms with Gasteiger partial charge in [0.05, 0.1) is 10.8 Å². The van der Waals surface area contributed by atoms with Crippen molar-refractivity contribution >= 4 is 15.9 Å². The van der Waals surface area contributed by atoms with Crippen molar-refractivity contribution in [1.82, 2.24) is 19.3 Å². The van der Waals surface area contributed by atoms with Gasteiger partial charge in [-0.3, -0.25) is 4.79 Å². The molecule has 2 saturated heterocycles. The number of amides is 1. The van der Waals surface area contributed by atoms with Crippen LogP contribution in [0, 0.1) is 12.8 Å². The molecule has 4 rings (SSSR count). The topological polar surface area (TPSA) is 96.6 Å². The van der Waals surface area contributed by atoms with Crippen molar-refractivity contribution in [3.8, 4) is 0 Å². The van der Waals surface area contributed by atoms with Crippen LogP contribution in [0.5, 0.6) is 0 Å². The molecular weight excluding hydrogens is 380 g/mol. The SMILES string of the molecule is Cc1noc(C2CN(C(=O)c3ccc(S(=O)(=O)N4CCCC(C)C4)cc3)C2)n1. The Labute approximate surface area is 164 Å². The molecule has 0 N–H and O–H groups in total. The van der Waals surface area contributed by atoms with E-state index in [1.807, 2.05) is 0 Å². The van der Waals surface area contributed by atoms with E-state index in [1.165, 1.54) is 12.1 Å². The average molecular weight is 404 g/mol. The third kappa shape index (κ3) is 3.56. The summed E-state index contributed by atoms with van der Waals surface area (Å²) in [5, 5.41) is 3.77. The number of aromatic nitrogens is 2. The number of likely N-dealkylation sites (tertiary alicyclic amines) is 1. The van der Waals surface area contributed by atoms with Gasteiger partial charge in [-0.25, -0.2) is 8.42 Å². The van der Waals surface area contributed by atoms with Crippen LogP contribution in [0.1, 0.15) is 47.8 Å². The molecule has 0 aliphatic carbocycles. The zero-order valence-electron chi connectivity index (χ0n) is 16.0. The molecule has 28 heavy (non-hydrogen) atoms. The highest BCUT2D eigenvalue weighted by atomic mass is 32.2. The number of piperidine rings is 1. The molecule has 8 nitrogen and oxygen atoms in total. The Kier molecular flexibility index (Phi) is 4.96. The van der Waals surface area contributed by atoms with E-state index in [0.29, 0.717) is 49.4 Å². The monoisotopic (exact) mass is 404 g/mol. The van der Waals surface area contributed by atoms with Crippen molar-refractivity contribution in [2.24, 2.45) is 5.92 Å². The van der Waals surface area contributed by atoms with Gasteiger partial charge in [0.1, 0.15) is 0 Å². The predicted molar refractivity (Wildman–Crippen MR) is 101 cm³/mol. The number of benzene rings is 1. The number of rotatable bonds is 4. The molecule has 2 aliphatic heterocycles. The fourth-order valence-corrected chi connectivity index (χ4v) is 5.34. The molecule has 1 aromatic heterocycles. The lowest BCUT2D eigenvalue weighted by Crippen LogP contribution is -2.48. The van der Waals surface area contributed by atoms with Crippen molar-refractivity contribution in [1.29, 1.82) is 0 Å². The zero-order chi connectivity index (χ0) is 19.9. The standard InChI is InChI=1S/C19H24N4O4S/c1-13-4-3-9-23(10-13)28(25,26)17-7-5-15(6-8-17)19(24)22-11-16(12-22)18-20-14(2)21-27-18/h5-8,13,16H,3-4,9-12H2,1-2H3. The van der Waals surface area contributed by atoms with Gasteiger partial charge >= 0.3 is 0 Å². The molecule has 0 spiro atoms. The van der Waals surface area contributed by atoms with Gasteiger partial charge in [-0.1, -0.05) is 12.1 Å². The summed E-state index contributed by atoms with van der Waals surface area (Å²) in [6.45, 7) is 5.97. The molecule has 150 valence electrons. The minimum Gasteiger partial charge on any atom is -0.339 e. The minimum atomic E-state index is -3.51. The van der Waals surface area contributed by atoms with E-state index in [2.05, 4.69) is 17.1 Å². The molecule has 9 heteroatoms. The Balaban J connectivity index is 1.41. The van der Waals surface area contributed by atoms with Gasteiger partial charge in [-0.2, -0.15) is 9.29 Å². The van der Waals surface area contributed by atoms with Crippen molar-refractivity contribution in [2.75, 3.05) is 26.2 Å². The summed E-state index contributed by atoms with van der Waals surface area (Å²) < 4.78 is 32.3. The van der Waals surface area contributed by atoms with Gasteiger partial charge in [-0.15, -0.1) is 0 Å². The number of sulfonamides is 1. The summed E-state index contributed by atoms with van der Waals surface area (Å²) in [5.74, 6) is 1.44. The molecule has 2 aromatic rings. The first-order valence-corrected chi connectivity index (χ1v) is 11.0. The van der Waals surface area contributed by atoms with Crippen LogP contribution < -0.4 is 0 Å². The third-order valence-corrected chi connectivity index (χ3v) is 7.30. The summed E-state index contributed by atoms with van der Waals surface area (Å²) in [6.07, 6.45) is 1.94. The van der Waals surface area contributed by atoms with E-state index >= 15 is 0 Å². The largest absolute Gasteiger partial charge is 0.339 e. The Morgan fingerprint density at radius 1 is 1.18 bits per heavy atom. The smallest absolute Gasteiger partial charge is 0.253 e. The van der Waals surface area contributed by atoms with Gasteiger partial charge in [-0.05, 0) is 49.9 Å². The second-order valence-corrected chi connectivity index (χ2v) is 9.66. The maximum atomic E-state index is 12.8. The molecule has 0 bridgehead atoms. The van der Waals surface area contributed by atoms with E-state index < -0.39 is 10.0 Å². The second-order valence-electron chi connectivity index (χ2n) is 7.72. The Hall–Kier alpha value is -2.26. The van der Waals surface area contributed by atoms with Crippen LogP contribution in [0.2, 0.25) is 0 Å². The quantitative estimate of drug-likeness (QED) is 0.774. The lowest BCUT2D eigenvalue weighted by molar-refractivity contribution is 0.0569. The van der Waals surface area contributed by atoms with E-state index in [0.717, 1.165) is 12.8 Å². The molecule has 3 heterocycles. The van der Waals surface area contributed by atoms with Crippen LogP contribution in [0.3, 0.4) is 0 Å². The van der Waals surface area contributed by atoms with Crippen molar-refractivity contribution in [3.05, 3.63) is 41.5 Å². The van der Waals surface area contributed by atoms with Crippen LogP contribution >= 0.6 is 0 Å². The highest BCUT2D eigenvalue weighted by Gasteiger charge is 2.36. The summed E-state index contributed by atoms with van der Waals surface area (Å²) in [7, 11) is -3.51. The molecule has 1 aromatic carbocycles. The van der Waals surface area contributed by atoms with Crippen molar-refractivity contribution in [3.63, 3.8) is 0 Å². The van der Waals surface area contributed by atoms with E-state index in [-0.39, 0.29) is 16.7 Å². The van der Waals surface area contributed by atoms with Gasteiger partial charge < -0.3 is 9.42 Å². The summed E-state index contributed by atoms with van der Waals surface area (Å²) in [5.41, 5.74) is 0.478. The summed E-state index contributed by atoms with van der Waals surface area (Å²) in [6, 6.07) is 6.24. The lowest BCUT2D eigenvalue weighted by Gasteiger charge is -2.37. The Morgan fingerprint density at radius 3 is 2.50 bits per heavy atom.